The molecule has 1 amide bonds. The molecule has 0 saturated heterocycles. The van der Waals surface area contributed by atoms with Crippen molar-refractivity contribution in [3.63, 3.8) is 0 Å². The molecule has 1 heterocycles. The van der Waals surface area contributed by atoms with Gasteiger partial charge in [0, 0.05) is 10.6 Å². The highest BCUT2D eigenvalue weighted by Crippen LogP contribution is 2.28. The Hall–Kier alpha value is -1.47. The molecule has 21 heavy (non-hydrogen) atoms. The third-order valence-corrected chi connectivity index (χ3v) is 5.15. The zero-order valence-electron chi connectivity index (χ0n) is 12.0. The fourth-order valence-corrected chi connectivity index (χ4v) is 3.76. The third kappa shape index (κ3) is 4.25. The molecule has 1 atom stereocenters. The maximum absolute atomic E-state index is 12.0. The van der Waals surface area contributed by atoms with Crippen LogP contribution in [0.5, 0.6) is 0 Å². The Morgan fingerprint density at radius 3 is 2.90 bits per heavy atom. The number of nitrogens with one attached hydrogen (secondary N) is 1. The van der Waals surface area contributed by atoms with Crippen LogP contribution in [0, 0.1) is 0 Å². The number of nitrogens with zero attached hydrogens (tertiary/aromatic N) is 1. The smallest absolute Gasteiger partial charge is 0.413 e. The van der Waals surface area contributed by atoms with Gasteiger partial charge in [-0.15, -0.1) is 0 Å². The van der Waals surface area contributed by atoms with Crippen LogP contribution in [0.2, 0.25) is 0 Å². The molecule has 1 aromatic heterocycles. The van der Waals surface area contributed by atoms with Crippen molar-refractivity contribution in [1.29, 1.82) is 0 Å². The summed E-state index contributed by atoms with van der Waals surface area (Å²) in [5, 5.41) is 3.10. The molecule has 0 spiro atoms. The van der Waals surface area contributed by atoms with Crippen LogP contribution in [0.4, 0.5) is 9.93 Å². The lowest BCUT2D eigenvalue weighted by atomic mass is 10.3. The first-order valence-electron chi connectivity index (χ1n) is 6.86. The van der Waals surface area contributed by atoms with Gasteiger partial charge in [-0.1, -0.05) is 25.2 Å². The van der Waals surface area contributed by atoms with Crippen LogP contribution < -0.4 is 5.32 Å². The summed E-state index contributed by atoms with van der Waals surface area (Å²) in [6, 6.07) is 5.53. The van der Waals surface area contributed by atoms with E-state index >= 15 is 0 Å². The lowest BCUT2D eigenvalue weighted by Gasteiger charge is -2.01. The van der Waals surface area contributed by atoms with Crippen molar-refractivity contribution in [3.05, 3.63) is 18.2 Å². The van der Waals surface area contributed by atoms with Crippen molar-refractivity contribution in [2.45, 2.75) is 31.6 Å². The number of ether oxygens (including phenoxy) is 1. The lowest BCUT2D eigenvalue weighted by Crippen LogP contribution is -2.13. The molecule has 0 radical (unpaired) electrons. The summed E-state index contributed by atoms with van der Waals surface area (Å²) in [6.07, 6.45) is 1.16. The summed E-state index contributed by atoms with van der Waals surface area (Å²) in [5.74, 6) is 0.652. The van der Waals surface area contributed by atoms with Gasteiger partial charge in [-0.05, 0) is 31.0 Å². The molecule has 0 aliphatic carbocycles. The standard InChI is InChI=1S/C14H18N2O3S2/c1-3-7-19-14(17)16-13-15-11-6-5-10(9-12(11)20-13)21(18)8-4-2/h5-6,9H,3-4,7-8H2,1-2H3,(H,15,16,17). The van der Waals surface area contributed by atoms with Gasteiger partial charge in [0.25, 0.3) is 0 Å². The molecule has 0 aliphatic heterocycles. The Morgan fingerprint density at radius 1 is 1.38 bits per heavy atom. The number of benzene rings is 1. The van der Waals surface area contributed by atoms with Gasteiger partial charge in [0.05, 0.1) is 27.6 Å². The molecule has 1 aromatic carbocycles. The normalized spacial score (nSPS) is 12.3. The quantitative estimate of drug-likeness (QED) is 0.877. The first-order chi connectivity index (χ1) is 10.1. The van der Waals surface area contributed by atoms with Crippen LogP contribution in [-0.4, -0.2) is 27.6 Å². The predicted octanol–water partition coefficient (Wildman–Crippen LogP) is 3.77. The van der Waals surface area contributed by atoms with Crippen LogP contribution in [-0.2, 0) is 15.5 Å². The van der Waals surface area contributed by atoms with E-state index in [0.29, 0.717) is 17.5 Å². The van der Waals surface area contributed by atoms with Crippen LogP contribution in [0.15, 0.2) is 23.1 Å². The highest BCUT2D eigenvalue weighted by Gasteiger charge is 2.10. The average molecular weight is 326 g/mol. The van der Waals surface area contributed by atoms with Crippen molar-refractivity contribution in [1.82, 2.24) is 4.98 Å². The number of hydrogen-bond acceptors (Lipinski definition) is 5. The van der Waals surface area contributed by atoms with Crippen molar-refractivity contribution in [2.75, 3.05) is 17.7 Å². The highest BCUT2D eigenvalue weighted by molar-refractivity contribution is 7.85. The first kappa shape index (κ1) is 15.9. The van der Waals surface area contributed by atoms with Crippen molar-refractivity contribution in [3.8, 4) is 0 Å². The Bertz CT molecular complexity index is 655. The van der Waals surface area contributed by atoms with Gasteiger partial charge in [0.15, 0.2) is 5.13 Å². The summed E-state index contributed by atoms with van der Waals surface area (Å²) < 4.78 is 17.9. The number of anilines is 1. The molecular weight excluding hydrogens is 308 g/mol. The van der Waals surface area contributed by atoms with Gasteiger partial charge >= 0.3 is 6.09 Å². The van der Waals surface area contributed by atoms with E-state index in [1.165, 1.54) is 11.3 Å². The molecule has 2 rings (SSSR count). The van der Waals surface area contributed by atoms with Gasteiger partial charge in [0.2, 0.25) is 0 Å². The first-order valence-corrected chi connectivity index (χ1v) is 9.00. The van der Waals surface area contributed by atoms with Gasteiger partial charge in [0.1, 0.15) is 0 Å². The summed E-state index contributed by atoms with van der Waals surface area (Å²) in [6.45, 7) is 4.33. The van der Waals surface area contributed by atoms with Crippen LogP contribution >= 0.6 is 11.3 Å². The molecule has 0 aliphatic rings. The monoisotopic (exact) mass is 326 g/mol. The van der Waals surface area contributed by atoms with E-state index in [1.807, 2.05) is 32.0 Å². The van der Waals surface area contributed by atoms with Crippen LogP contribution in [0.25, 0.3) is 10.2 Å². The molecule has 1 unspecified atom stereocenters. The van der Waals surface area contributed by atoms with E-state index in [0.717, 1.165) is 28.0 Å². The minimum atomic E-state index is -0.978. The number of aromatic nitrogens is 1. The van der Waals surface area contributed by atoms with E-state index in [4.69, 9.17) is 4.74 Å². The molecule has 0 bridgehead atoms. The summed E-state index contributed by atoms with van der Waals surface area (Å²) >= 11 is 1.35. The topological polar surface area (TPSA) is 68.3 Å². The van der Waals surface area contributed by atoms with E-state index in [1.54, 1.807) is 0 Å². The summed E-state index contributed by atoms with van der Waals surface area (Å²) in [5.41, 5.74) is 0.781. The van der Waals surface area contributed by atoms with Crippen molar-refractivity contribution in [2.24, 2.45) is 0 Å². The second-order valence-corrected chi connectivity index (χ2v) is 7.06. The second-order valence-electron chi connectivity index (χ2n) is 4.46. The number of thiazole rings is 1. The van der Waals surface area contributed by atoms with Gasteiger partial charge < -0.3 is 4.74 Å². The molecule has 7 heteroatoms. The number of carbonyl (C=O) groups is 1. The average Bonchev–Trinajstić information content (AvgIpc) is 2.86. The second kappa shape index (κ2) is 7.51. The zero-order valence-corrected chi connectivity index (χ0v) is 13.7. The summed E-state index contributed by atoms with van der Waals surface area (Å²) in [7, 11) is -0.978. The molecule has 114 valence electrons. The number of rotatable bonds is 6. The minimum Gasteiger partial charge on any atom is -0.449 e. The predicted molar refractivity (Wildman–Crippen MR) is 86.4 cm³/mol. The van der Waals surface area contributed by atoms with Gasteiger partial charge in [-0.3, -0.25) is 9.53 Å². The molecular formula is C14H18N2O3S2. The SMILES string of the molecule is CCCOC(=O)Nc1nc2ccc(S(=O)CCC)cc2s1. The molecule has 2 aromatic rings. The number of carbonyl (C=O) groups excluding carboxylic acids is 1. The van der Waals surface area contributed by atoms with Gasteiger partial charge in [-0.25, -0.2) is 9.78 Å². The largest absolute Gasteiger partial charge is 0.449 e. The van der Waals surface area contributed by atoms with Crippen molar-refractivity contribution < 1.29 is 13.7 Å². The number of fused-ring (bicyclic) bond motifs is 1. The zero-order chi connectivity index (χ0) is 15.2. The Kier molecular flexibility index (Phi) is 5.69. The fraction of sp³-hybridized carbons (Fsp3) is 0.429. The maximum Gasteiger partial charge on any atom is 0.413 e. The van der Waals surface area contributed by atoms with Crippen molar-refractivity contribution >= 4 is 43.6 Å². The van der Waals surface area contributed by atoms with E-state index in [2.05, 4.69) is 10.3 Å². The maximum atomic E-state index is 12.0. The number of hydrogen-bond donors (Lipinski definition) is 1. The lowest BCUT2D eigenvalue weighted by molar-refractivity contribution is 0.161. The van der Waals surface area contributed by atoms with Gasteiger partial charge in [-0.2, -0.15) is 0 Å². The van der Waals surface area contributed by atoms with E-state index in [9.17, 15) is 9.00 Å². The Morgan fingerprint density at radius 2 is 2.19 bits per heavy atom. The van der Waals surface area contributed by atoms with Crippen LogP contribution in [0.1, 0.15) is 26.7 Å². The summed E-state index contributed by atoms with van der Waals surface area (Å²) in [4.78, 5) is 16.6. The molecule has 0 saturated carbocycles. The molecule has 5 nitrogen and oxygen atoms in total. The van der Waals surface area contributed by atoms with Crippen LogP contribution in [0.3, 0.4) is 0 Å². The fourth-order valence-electron chi connectivity index (χ4n) is 1.72. The Balaban J connectivity index is 2.14. The minimum absolute atomic E-state index is 0.386. The third-order valence-electron chi connectivity index (χ3n) is 2.66. The Labute approximate surface area is 130 Å². The molecule has 0 fully saturated rings. The number of amides is 1. The van der Waals surface area contributed by atoms with E-state index < -0.39 is 16.9 Å². The molecule has 1 N–H and O–H groups in total. The van der Waals surface area contributed by atoms with E-state index in [-0.39, 0.29) is 0 Å². The highest BCUT2D eigenvalue weighted by atomic mass is 32.2.